The van der Waals surface area contributed by atoms with Crippen molar-refractivity contribution in [3.05, 3.63) is 35.1 Å². The first-order valence-corrected chi connectivity index (χ1v) is 9.51. The summed E-state index contributed by atoms with van der Waals surface area (Å²) in [7, 11) is 1.25. The summed E-state index contributed by atoms with van der Waals surface area (Å²) >= 11 is 6.07. The summed E-state index contributed by atoms with van der Waals surface area (Å²) in [4.78, 5) is 37.6. The first-order valence-electron chi connectivity index (χ1n) is 9.13. The van der Waals surface area contributed by atoms with Gasteiger partial charge in [-0.2, -0.15) is 0 Å². The Kier molecular flexibility index (Phi) is 6.03. The highest BCUT2D eigenvalue weighted by molar-refractivity contribution is 6.32. The first kappa shape index (κ1) is 20.3. The third kappa shape index (κ3) is 3.90. The van der Waals surface area contributed by atoms with Gasteiger partial charge >= 0.3 is 5.97 Å². The number of rotatable bonds is 5. The maximum atomic E-state index is 14.6. The number of amides is 2. The van der Waals surface area contributed by atoms with E-state index in [1.54, 1.807) is 6.92 Å². The Hall–Kier alpha value is -2.41. The van der Waals surface area contributed by atoms with Crippen LogP contribution in [-0.2, 0) is 19.1 Å². The highest BCUT2D eigenvalue weighted by Crippen LogP contribution is 2.42. The topological polar surface area (TPSA) is 72.9 Å². The van der Waals surface area contributed by atoms with Gasteiger partial charge in [0, 0.05) is 12.1 Å². The van der Waals surface area contributed by atoms with E-state index in [9.17, 15) is 18.8 Å². The van der Waals surface area contributed by atoms with Gasteiger partial charge in [-0.25, -0.2) is 14.1 Å². The van der Waals surface area contributed by atoms with Gasteiger partial charge in [-0.15, -0.1) is 0 Å². The second-order valence-corrected chi connectivity index (χ2v) is 7.36. The molecule has 2 fully saturated rings. The van der Waals surface area contributed by atoms with Crippen molar-refractivity contribution in [3.8, 4) is 5.75 Å². The highest BCUT2D eigenvalue weighted by Gasteiger charge is 2.49. The molecule has 1 aromatic carbocycles. The van der Waals surface area contributed by atoms with Crippen molar-refractivity contribution in [2.45, 2.75) is 38.7 Å². The molecule has 3 rings (SSSR count). The van der Waals surface area contributed by atoms with Crippen molar-refractivity contribution < 1.29 is 28.2 Å². The zero-order valence-electron chi connectivity index (χ0n) is 15.6. The maximum absolute atomic E-state index is 14.6. The van der Waals surface area contributed by atoms with Gasteiger partial charge in [0.1, 0.15) is 17.7 Å². The molecule has 0 N–H and O–H groups in total. The number of anilines is 1. The van der Waals surface area contributed by atoms with Gasteiger partial charge in [-0.1, -0.05) is 24.4 Å². The number of benzene rings is 1. The second-order valence-electron chi connectivity index (χ2n) is 6.95. The van der Waals surface area contributed by atoms with Gasteiger partial charge in [-0.05, 0) is 31.9 Å². The Morgan fingerprint density at radius 1 is 1.25 bits per heavy atom. The molecule has 1 saturated carbocycles. The molecule has 1 aliphatic heterocycles. The van der Waals surface area contributed by atoms with Gasteiger partial charge in [0.2, 0.25) is 11.8 Å². The predicted molar refractivity (Wildman–Crippen MR) is 101 cm³/mol. The van der Waals surface area contributed by atoms with E-state index in [0.717, 1.165) is 23.8 Å². The minimum Gasteiger partial charge on any atom is -0.485 e. The number of hydrogen-bond acceptors (Lipinski definition) is 5. The van der Waals surface area contributed by atoms with Crippen LogP contribution in [0.25, 0.3) is 0 Å². The molecule has 6 nitrogen and oxygen atoms in total. The van der Waals surface area contributed by atoms with Crippen molar-refractivity contribution in [1.82, 2.24) is 0 Å². The van der Waals surface area contributed by atoms with Crippen LogP contribution >= 0.6 is 11.6 Å². The first-order chi connectivity index (χ1) is 13.3. The zero-order chi connectivity index (χ0) is 20.4. The number of esters is 1. The van der Waals surface area contributed by atoms with Gasteiger partial charge in [0.25, 0.3) is 0 Å². The fourth-order valence-corrected chi connectivity index (χ4v) is 3.90. The summed E-state index contributed by atoms with van der Waals surface area (Å²) in [6, 6.07) is 2.28. The van der Waals surface area contributed by atoms with E-state index in [4.69, 9.17) is 16.3 Å². The molecule has 2 aliphatic rings. The number of methoxy groups -OCH3 is 1. The predicted octanol–water partition coefficient (Wildman–Crippen LogP) is 3.66. The smallest absolute Gasteiger partial charge is 0.330 e. The van der Waals surface area contributed by atoms with Crippen LogP contribution in [0.15, 0.2) is 24.3 Å². The molecule has 1 aliphatic carbocycles. The lowest BCUT2D eigenvalue weighted by molar-refractivity contribution is -0.135. The van der Waals surface area contributed by atoms with E-state index in [1.807, 2.05) is 0 Å². The van der Waals surface area contributed by atoms with Crippen molar-refractivity contribution in [1.29, 1.82) is 0 Å². The molecule has 28 heavy (non-hydrogen) atoms. The monoisotopic (exact) mass is 409 g/mol. The Morgan fingerprint density at radius 2 is 1.86 bits per heavy atom. The van der Waals surface area contributed by atoms with Crippen LogP contribution in [0, 0.1) is 17.7 Å². The fourth-order valence-electron chi connectivity index (χ4n) is 3.70. The quantitative estimate of drug-likeness (QED) is 0.421. The SMILES string of the molecule is COC(=O)C=CC(C)Oc1cc(N2C(=O)C3CCCCC3C2=O)c(F)cc1Cl. The van der Waals surface area contributed by atoms with Crippen LogP contribution in [0.4, 0.5) is 10.1 Å². The minimum absolute atomic E-state index is 0.00363. The molecule has 3 atom stereocenters. The molecule has 3 unspecified atom stereocenters. The molecule has 1 saturated heterocycles. The average Bonchev–Trinajstić information content (AvgIpc) is 2.93. The van der Waals surface area contributed by atoms with Crippen molar-refractivity contribution in [3.63, 3.8) is 0 Å². The second kappa shape index (κ2) is 8.31. The number of ether oxygens (including phenoxy) is 2. The van der Waals surface area contributed by atoms with Crippen molar-refractivity contribution >= 4 is 35.1 Å². The van der Waals surface area contributed by atoms with Gasteiger partial charge in [0.15, 0.2) is 0 Å². The molecular weight excluding hydrogens is 389 g/mol. The third-order valence-corrected chi connectivity index (χ3v) is 5.40. The molecule has 0 bridgehead atoms. The zero-order valence-corrected chi connectivity index (χ0v) is 16.4. The summed E-state index contributed by atoms with van der Waals surface area (Å²) in [6.07, 6.45) is 5.11. The van der Waals surface area contributed by atoms with E-state index in [1.165, 1.54) is 25.3 Å². The van der Waals surface area contributed by atoms with Crippen molar-refractivity contribution in [2.24, 2.45) is 11.8 Å². The summed E-state index contributed by atoms with van der Waals surface area (Å²) in [5.41, 5.74) is -0.159. The van der Waals surface area contributed by atoms with E-state index < -0.39 is 17.9 Å². The van der Waals surface area contributed by atoms with Crippen molar-refractivity contribution in [2.75, 3.05) is 12.0 Å². The van der Waals surface area contributed by atoms with Crippen LogP contribution < -0.4 is 9.64 Å². The van der Waals surface area contributed by atoms with Gasteiger partial charge in [0.05, 0.1) is 29.7 Å². The average molecular weight is 410 g/mol. The minimum atomic E-state index is -0.768. The third-order valence-electron chi connectivity index (χ3n) is 5.10. The highest BCUT2D eigenvalue weighted by atomic mass is 35.5. The van der Waals surface area contributed by atoms with E-state index in [2.05, 4.69) is 4.74 Å². The number of carbonyl (C=O) groups is 3. The van der Waals surface area contributed by atoms with Gasteiger partial charge in [-0.3, -0.25) is 9.59 Å². The summed E-state index contributed by atoms with van der Waals surface area (Å²) in [6.45, 7) is 1.65. The summed E-state index contributed by atoms with van der Waals surface area (Å²) in [5.74, 6) is -2.73. The number of imide groups is 1. The summed E-state index contributed by atoms with van der Waals surface area (Å²) < 4.78 is 24.7. The molecule has 150 valence electrons. The Morgan fingerprint density at radius 3 is 2.43 bits per heavy atom. The lowest BCUT2D eigenvalue weighted by atomic mass is 9.81. The molecule has 1 aromatic rings. The number of hydrogen-bond donors (Lipinski definition) is 0. The van der Waals surface area contributed by atoms with E-state index >= 15 is 0 Å². The molecule has 8 heteroatoms. The van der Waals surface area contributed by atoms with Crippen LogP contribution in [0.1, 0.15) is 32.6 Å². The van der Waals surface area contributed by atoms with E-state index in [0.29, 0.717) is 12.8 Å². The number of fused-ring (bicyclic) bond motifs is 1. The Bertz CT molecular complexity index is 816. The number of halogens is 2. The Labute approximate surface area is 167 Å². The van der Waals surface area contributed by atoms with Crippen LogP contribution in [0.2, 0.25) is 5.02 Å². The lowest BCUT2D eigenvalue weighted by Gasteiger charge is -2.19. The van der Waals surface area contributed by atoms with Crippen LogP contribution in [0.5, 0.6) is 5.75 Å². The molecule has 1 heterocycles. The standard InChI is InChI=1S/C20H21ClFNO5/c1-11(7-8-18(24)27-2)28-17-10-16(15(22)9-14(17)21)23-19(25)12-5-3-4-6-13(12)20(23)26/h7-13H,3-6H2,1-2H3. The Balaban J connectivity index is 1.87. The molecule has 0 radical (unpaired) electrons. The largest absolute Gasteiger partial charge is 0.485 e. The maximum Gasteiger partial charge on any atom is 0.330 e. The number of carbonyl (C=O) groups excluding carboxylic acids is 3. The van der Waals surface area contributed by atoms with Crippen LogP contribution in [0.3, 0.4) is 0 Å². The molecular formula is C20H21ClFNO5. The number of nitrogens with zero attached hydrogens (tertiary/aromatic N) is 1. The van der Waals surface area contributed by atoms with E-state index in [-0.39, 0.29) is 40.1 Å². The lowest BCUT2D eigenvalue weighted by Crippen LogP contribution is -2.31. The molecule has 0 aromatic heterocycles. The summed E-state index contributed by atoms with van der Waals surface area (Å²) in [5, 5.41) is -0.00363. The molecule has 0 spiro atoms. The normalized spacial score (nSPS) is 23.1. The van der Waals surface area contributed by atoms with Gasteiger partial charge < -0.3 is 9.47 Å². The van der Waals surface area contributed by atoms with Crippen LogP contribution in [-0.4, -0.2) is 31.0 Å². The molecule has 2 amide bonds. The fraction of sp³-hybridized carbons (Fsp3) is 0.450.